The number of carboxylic acids is 1. The Kier molecular flexibility index (Phi) is 20.8. The maximum Gasteiger partial charge on any atom is 0.409 e. The van der Waals surface area contributed by atoms with Crippen molar-refractivity contribution in [3.63, 3.8) is 0 Å². The number of nitrogens with zero attached hydrogens (tertiary/aromatic N) is 6. The number of nitrogens with two attached hydrogens (primary N) is 1. The van der Waals surface area contributed by atoms with Crippen molar-refractivity contribution in [2.45, 2.75) is 130 Å². The number of primary amides is 1. The lowest BCUT2D eigenvalue weighted by Gasteiger charge is -2.36. The van der Waals surface area contributed by atoms with Crippen molar-refractivity contribution in [2.24, 2.45) is 17.6 Å². The van der Waals surface area contributed by atoms with Gasteiger partial charge in [0.05, 0.1) is 19.1 Å². The quantitative estimate of drug-likeness (QED) is 0.299. The lowest BCUT2D eigenvalue weighted by atomic mass is 9.94. The first-order valence-electron chi connectivity index (χ1n) is 20.0. The number of carbonyl (C=O) groups is 4. The highest BCUT2D eigenvalue weighted by atomic mass is 16.6. The van der Waals surface area contributed by atoms with Gasteiger partial charge in [-0.3, -0.25) is 9.59 Å². The van der Waals surface area contributed by atoms with Gasteiger partial charge in [0.2, 0.25) is 17.7 Å². The molecule has 16 nitrogen and oxygen atoms in total. The number of hydrogen-bond donors (Lipinski definition) is 3. The Morgan fingerprint density at radius 1 is 0.722 bits per heavy atom. The molecule has 54 heavy (non-hydrogen) atoms. The zero-order valence-electron chi connectivity index (χ0n) is 33.9. The van der Waals surface area contributed by atoms with Crippen LogP contribution in [0.2, 0.25) is 0 Å². The van der Waals surface area contributed by atoms with Crippen molar-refractivity contribution in [3.8, 4) is 0 Å². The Bertz CT molecular complexity index is 1260. The van der Waals surface area contributed by atoms with E-state index in [4.69, 9.17) is 24.7 Å². The van der Waals surface area contributed by atoms with Gasteiger partial charge in [-0.15, -0.1) is 10.2 Å². The first-order valence-corrected chi connectivity index (χ1v) is 20.0. The van der Waals surface area contributed by atoms with Crippen LogP contribution in [0.1, 0.15) is 129 Å². The molecule has 310 valence electrons. The second kappa shape index (κ2) is 24.1. The third-order valence-corrected chi connectivity index (χ3v) is 10.8. The highest BCUT2D eigenvalue weighted by Gasteiger charge is 2.32. The van der Waals surface area contributed by atoms with E-state index in [1.165, 1.54) is 0 Å². The van der Waals surface area contributed by atoms with Crippen molar-refractivity contribution in [2.75, 3.05) is 65.6 Å². The molecule has 0 bridgehead atoms. The number of aromatic nitrogens is 2. The van der Waals surface area contributed by atoms with Crippen LogP contribution in [0.25, 0.3) is 0 Å². The normalized spacial score (nSPS) is 22.1. The molecule has 2 unspecified atom stereocenters. The standard InChI is InChI=1S/C19H32N4O3.C15H26N2O4.C4H9NO.H3N/c1-4-25-19(24)23-10-5-6-16(9-13-23)22-11-7-15(8-12-22)18-21-20-17(26-18)14(2)3;1-2-21-15(20)17-8-3-4-13(7-11-17)16-9-5-12(6-10-16)14(18)19;1-3(2)4(5)6;/h14-16H,4-13H2,1-3H3;12-13H,2-11H2,1H3,(H,18,19);3H,1-2H3,(H2,5,6);1H3. The summed E-state index contributed by atoms with van der Waals surface area (Å²) in [5, 5.41) is 17.5. The lowest BCUT2D eigenvalue weighted by molar-refractivity contribution is -0.143. The molecule has 4 aliphatic heterocycles. The molecular weight excluding hydrogens is 696 g/mol. The predicted octanol–water partition coefficient (Wildman–Crippen LogP) is 5.47. The first-order chi connectivity index (χ1) is 25.3. The summed E-state index contributed by atoms with van der Waals surface area (Å²) in [7, 11) is 0. The molecule has 6 N–H and O–H groups in total. The minimum absolute atomic E-state index is 0. The second-order valence-electron chi connectivity index (χ2n) is 15.2. The Morgan fingerprint density at radius 2 is 1.17 bits per heavy atom. The van der Waals surface area contributed by atoms with Gasteiger partial charge in [0.25, 0.3) is 0 Å². The average Bonchev–Trinajstić information content (AvgIpc) is 3.34. The monoisotopic (exact) mass is 767 g/mol. The molecule has 0 aliphatic carbocycles. The van der Waals surface area contributed by atoms with Crippen LogP contribution in [0.15, 0.2) is 4.42 Å². The van der Waals surface area contributed by atoms with E-state index in [0.29, 0.717) is 31.2 Å². The summed E-state index contributed by atoms with van der Waals surface area (Å²) < 4.78 is 16.1. The lowest BCUT2D eigenvalue weighted by Crippen LogP contribution is -2.43. The molecule has 5 rings (SSSR count). The highest BCUT2D eigenvalue weighted by Crippen LogP contribution is 2.31. The van der Waals surface area contributed by atoms with Crippen LogP contribution in [-0.2, 0) is 19.1 Å². The zero-order valence-corrected chi connectivity index (χ0v) is 33.9. The van der Waals surface area contributed by atoms with E-state index in [9.17, 15) is 19.2 Å². The highest BCUT2D eigenvalue weighted by molar-refractivity contribution is 5.75. The third-order valence-electron chi connectivity index (χ3n) is 10.8. The molecule has 4 saturated heterocycles. The van der Waals surface area contributed by atoms with Gasteiger partial charge in [0, 0.05) is 56.0 Å². The summed E-state index contributed by atoms with van der Waals surface area (Å²) in [6, 6.07) is 1.03. The summed E-state index contributed by atoms with van der Waals surface area (Å²) in [5.74, 6) is 1.12. The Hall–Kier alpha value is -3.50. The number of carboxylic acid groups (broad SMARTS) is 1. The van der Waals surface area contributed by atoms with Gasteiger partial charge < -0.3 is 50.5 Å². The van der Waals surface area contributed by atoms with E-state index < -0.39 is 5.97 Å². The van der Waals surface area contributed by atoms with Crippen molar-refractivity contribution in [1.29, 1.82) is 0 Å². The van der Waals surface area contributed by atoms with Crippen LogP contribution in [0, 0.1) is 11.8 Å². The van der Waals surface area contributed by atoms with E-state index >= 15 is 0 Å². The Morgan fingerprint density at radius 3 is 1.54 bits per heavy atom. The number of carbonyl (C=O) groups excluding carboxylic acids is 3. The van der Waals surface area contributed by atoms with Crippen LogP contribution in [0.4, 0.5) is 9.59 Å². The number of likely N-dealkylation sites (tertiary alicyclic amines) is 4. The summed E-state index contributed by atoms with van der Waals surface area (Å²) in [5.41, 5.74) is 4.80. The summed E-state index contributed by atoms with van der Waals surface area (Å²) in [6.45, 7) is 19.2. The molecule has 0 spiro atoms. The second-order valence-corrected chi connectivity index (χ2v) is 15.2. The number of aliphatic carboxylic acids is 1. The molecule has 16 heteroatoms. The van der Waals surface area contributed by atoms with Crippen LogP contribution < -0.4 is 11.9 Å². The molecule has 0 radical (unpaired) electrons. The van der Waals surface area contributed by atoms with Crippen molar-refractivity contribution in [3.05, 3.63) is 11.8 Å². The predicted molar refractivity (Wildman–Crippen MR) is 205 cm³/mol. The number of piperidine rings is 2. The number of ether oxygens (including phenoxy) is 2. The van der Waals surface area contributed by atoms with Gasteiger partial charge in [-0.1, -0.05) is 27.7 Å². The van der Waals surface area contributed by atoms with Crippen molar-refractivity contribution >= 4 is 24.1 Å². The van der Waals surface area contributed by atoms with Crippen molar-refractivity contribution in [1.82, 2.24) is 35.9 Å². The van der Waals surface area contributed by atoms with E-state index in [-0.39, 0.29) is 42.0 Å². The smallest absolute Gasteiger partial charge is 0.409 e. The molecule has 0 aromatic carbocycles. The Balaban J connectivity index is 0.000000325. The van der Waals surface area contributed by atoms with Crippen LogP contribution in [0.5, 0.6) is 0 Å². The molecule has 1 aromatic heterocycles. The van der Waals surface area contributed by atoms with Crippen LogP contribution in [0.3, 0.4) is 0 Å². The molecular formula is C38H70N8O8. The number of amides is 3. The van der Waals surface area contributed by atoms with E-state index in [0.717, 1.165) is 128 Å². The number of hydrogen-bond acceptors (Lipinski definition) is 12. The fraction of sp³-hybridized carbons (Fsp3) is 0.842. The Labute approximate surface area is 322 Å². The van der Waals surface area contributed by atoms with Crippen LogP contribution >= 0.6 is 0 Å². The number of rotatable bonds is 8. The maximum absolute atomic E-state index is 12.0. The van der Waals surface area contributed by atoms with Gasteiger partial charge in [-0.05, 0) is 104 Å². The average molecular weight is 767 g/mol. The van der Waals surface area contributed by atoms with Gasteiger partial charge >= 0.3 is 18.2 Å². The summed E-state index contributed by atoms with van der Waals surface area (Å²) in [6.07, 6.45) is 9.50. The third kappa shape index (κ3) is 15.0. The molecule has 4 aliphatic rings. The largest absolute Gasteiger partial charge is 0.481 e. The van der Waals surface area contributed by atoms with Gasteiger partial charge in [0.15, 0.2) is 0 Å². The van der Waals surface area contributed by atoms with Gasteiger partial charge in [0.1, 0.15) is 0 Å². The van der Waals surface area contributed by atoms with E-state index in [2.05, 4.69) is 33.8 Å². The molecule has 1 aromatic rings. The van der Waals surface area contributed by atoms with Gasteiger partial charge in [-0.25, -0.2) is 9.59 Å². The molecule has 0 saturated carbocycles. The SMILES string of the molecule is CC(C)C(N)=O.CCOC(=O)N1CCCC(N2CCC(C(=O)O)CC2)CC1.CCOC(=O)N1CCCC(N2CCC(c3nnc(C(C)C)o3)CC2)CC1.N. The first kappa shape index (κ1) is 46.7. The maximum atomic E-state index is 12.0. The fourth-order valence-electron chi connectivity index (χ4n) is 7.35. The molecule has 3 amide bonds. The van der Waals surface area contributed by atoms with Crippen LogP contribution in [-0.4, -0.2) is 137 Å². The summed E-state index contributed by atoms with van der Waals surface area (Å²) in [4.78, 5) is 53.3. The molecule has 5 heterocycles. The minimum Gasteiger partial charge on any atom is -0.481 e. The minimum atomic E-state index is -0.663. The van der Waals surface area contributed by atoms with E-state index in [1.54, 1.807) is 18.7 Å². The van der Waals surface area contributed by atoms with Gasteiger partial charge in [-0.2, -0.15) is 0 Å². The fourth-order valence-corrected chi connectivity index (χ4v) is 7.35. The zero-order chi connectivity index (χ0) is 38.9. The van der Waals surface area contributed by atoms with Crippen molar-refractivity contribution < 1.29 is 38.2 Å². The summed E-state index contributed by atoms with van der Waals surface area (Å²) >= 11 is 0. The van der Waals surface area contributed by atoms with E-state index in [1.807, 2.05) is 18.7 Å². The molecule has 2 atom stereocenters. The topological polar surface area (TPSA) is 220 Å². The molecule has 4 fully saturated rings.